The molecule has 28 heavy (non-hydrogen) atoms. The van der Waals surface area contributed by atoms with Gasteiger partial charge in [-0.2, -0.15) is 0 Å². The lowest BCUT2D eigenvalue weighted by Crippen LogP contribution is -2.31. The highest BCUT2D eigenvalue weighted by molar-refractivity contribution is 8.26. The van der Waals surface area contributed by atoms with E-state index in [2.05, 4.69) is 10.3 Å². The third-order valence-corrected chi connectivity index (χ3v) is 5.30. The van der Waals surface area contributed by atoms with E-state index in [-0.39, 0.29) is 24.8 Å². The number of carbonyl (C=O) groups excluding carboxylic acids is 2. The molecule has 0 bridgehead atoms. The van der Waals surface area contributed by atoms with E-state index < -0.39 is 0 Å². The molecule has 2 aromatic rings. The number of aromatic nitrogens is 1. The summed E-state index contributed by atoms with van der Waals surface area (Å²) < 4.78 is 0.467. The first-order valence-corrected chi connectivity index (χ1v) is 9.95. The summed E-state index contributed by atoms with van der Waals surface area (Å²) >= 11 is 6.58. The van der Waals surface area contributed by atoms with Gasteiger partial charge in [0.25, 0.3) is 5.91 Å². The van der Waals surface area contributed by atoms with E-state index in [9.17, 15) is 9.59 Å². The van der Waals surface area contributed by atoms with E-state index in [0.29, 0.717) is 15.0 Å². The fourth-order valence-corrected chi connectivity index (χ4v) is 3.97. The Morgan fingerprint density at radius 3 is 2.68 bits per heavy atom. The van der Waals surface area contributed by atoms with Crippen molar-refractivity contribution in [2.24, 2.45) is 0 Å². The Balaban J connectivity index is 1.60. The van der Waals surface area contributed by atoms with E-state index in [1.54, 1.807) is 24.4 Å². The number of nitrogens with one attached hydrogen (secondary N) is 1. The molecule has 0 aliphatic carbocycles. The van der Waals surface area contributed by atoms with Crippen molar-refractivity contribution in [1.82, 2.24) is 9.88 Å². The Kier molecular flexibility index (Phi) is 6.73. The van der Waals surface area contributed by atoms with E-state index >= 15 is 0 Å². The van der Waals surface area contributed by atoms with Gasteiger partial charge in [-0.1, -0.05) is 66.5 Å². The summed E-state index contributed by atoms with van der Waals surface area (Å²) in [7, 11) is 0. The molecule has 0 saturated carbocycles. The number of pyridine rings is 1. The zero-order chi connectivity index (χ0) is 19.9. The lowest BCUT2D eigenvalue weighted by atomic mass is 10.1. The molecule has 3 rings (SSSR count). The zero-order valence-electron chi connectivity index (χ0n) is 15.3. The van der Waals surface area contributed by atoms with Crippen molar-refractivity contribution in [3.05, 3.63) is 76.8 Å². The van der Waals surface area contributed by atoms with Crippen LogP contribution in [0, 0.1) is 0 Å². The molecule has 1 N–H and O–H groups in total. The molecule has 0 spiro atoms. The van der Waals surface area contributed by atoms with Crippen molar-refractivity contribution < 1.29 is 9.59 Å². The van der Waals surface area contributed by atoms with E-state index in [1.807, 2.05) is 49.4 Å². The van der Waals surface area contributed by atoms with E-state index in [1.165, 1.54) is 16.7 Å². The van der Waals surface area contributed by atoms with Crippen LogP contribution in [0.1, 0.15) is 18.9 Å². The number of thioether (sulfide) groups is 1. The minimum atomic E-state index is -0.211. The monoisotopic (exact) mass is 409 g/mol. The van der Waals surface area contributed by atoms with Crippen LogP contribution in [0.5, 0.6) is 0 Å². The number of nitrogens with zero attached hydrogens (tertiary/aromatic N) is 2. The molecule has 5 nitrogen and oxygen atoms in total. The van der Waals surface area contributed by atoms with Gasteiger partial charge in [0.05, 0.1) is 4.91 Å². The molecular weight excluding hydrogens is 390 g/mol. The van der Waals surface area contributed by atoms with Crippen molar-refractivity contribution in [3.8, 4) is 0 Å². The van der Waals surface area contributed by atoms with Crippen LogP contribution in [0.15, 0.2) is 71.3 Å². The van der Waals surface area contributed by atoms with Crippen LogP contribution in [-0.2, 0) is 9.59 Å². The Morgan fingerprint density at radius 1 is 1.21 bits per heavy atom. The molecule has 2 heterocycles. The van der Waals surface area contributed by atoms with Crippen LogP contribution >= 0.6 is 24.0 Å². The predicted octanol–water partition coefficient (Wildman–Crippen LogP) is 4.26. The van der Waals surface area contributed by atoms with Gasteiger partial charge in [-0.15, -0.1) is 0 Å². The van der Waals surface area contributed by atoms with Crippen LogP contribution in [-0.4, -0.2) is 32.6 Å². The van der Waals surface area contributed by atoms with Crippen LogP contribution < -0.4 is 5.32 Å². The number of amides is 2. The summed E-state index contributed by atoms with van der Waals surface area (Å²) in [6.07, 6.45) is 5.59. The predicted molar refractivity (Wildman–Crippen MR) is 118 cm³/mol. The topological polar surface area (TPSA) is 62.3 Å². The fourth-order valence-electron chi connectivity index (χ4n) is 2.61. The number of hydrogen-bond donors (Lipinski definition) is 1. The van der Waals surface area contributed by atoms with Crippen LogP contribution in [0.4, 0.5) is 5.82 Å². The quantitative estimate of drug-likeness (QED) is 0.571. The van der Waals surface area contributed by atoms with Gasteiger partial charge in [-0.05, 0) is 36.3 Å². The van der Waals surface area contributed by atoms with Crippen molar-refractivity contribution in [2.45, 2.75) is 13.3 Å². The van der Waals surface area contributed by atoms with Crippen molar-refractivity contribution in [3.63, 3.8) is 0 Å². The number of carbonyl (C=O) groups is 2. The van der Waals surface area contributed by atoms with E-state index in [0.717, 1.165) is 11.1 Å². The minimum absolute atomic E-state index is 0.148. The number of anilines is 1. The normalized spacial score (nSPS) is 16.0. The average Bonchev–Trinajstić information content (AvgIpc) is 2.94. The summed E-state index contributed by atoms with van der Waals surface area (Å²) in [6.45, 7) is 2.18. The molecule has 1 aliphatic heterocycles. The maximum absolute atomic E-state index is 12.7. The zero-order valence-corrected chi connectivity index (χ0v) is 16.9. The maximum atomic E-state index is 12.7. The molecule has 1 saturated heterocycles. The van der Waals surface area contributed by atoms with Gasteiger partial charge in [-0.3, -0.25) is 14.5 Å². The first-order chi connectivity index (χ1) is 13.5. The average molecular weight is 410 g/mol. The second-order valence-corrected chi connectivity index (χ2v) is 7.82. The number of thiocarbonyl (C=S) groups is 1. The van der Waals surface area contributed by atoms with Gasteiger partial charge in [0.2, 0.25) is 5.91 Å². The van der Waals surface area contributed by atoms with Crippen LogP contribution in [0.25, 0.3) is 6.08 Å². The van der Waals surface area contributed by atoms with Gasteiger partial charge in [0, 0.05) is 19.2 Å². The Bertz CT molecular complexity index is 941. The third kappa shape index (κ3) is 5.37. The smallest absolute Gasteiger partial charge is 0.266 e. The molecule has 142 valence electrons. The standard InChI is InChI=1S/C21H19N3O2S2/c1-15(13-16-7-3-2-4-8-16)14-17-20(26)24(21(27)28-17)12-10-19(25)23-18-9-5-6-11-22-18/h2-9,11,13-14H,10,12H2,1H3,(H,22,23,25)/b15-13+,17-14-. The van der Waals surface area contributed by atoms with Gasteiger partial charge in [-0.25, -0.2) is 4.98 Å². The molecule has 0 radical (unpaired) electrons. The highest BCUT2D eigenvalue weighted by Gasteiger charge is 2.32. The first kappa shape index (κ1) is 20.0. The maximum Gasteiger partial charge on any atom is 0.266 e. The molecule has 7 heteroatoms. The molecular formula is C21H19N3O2S2. The Hall–Kier alpha value is -2.77. The van der Waals surface area contributed by atoms with Crippen molar-refractivity contribution >= 4 is 52.0 Å². The summed E-state index contributed by atoms with van der Waals surface area (Å²) in [6, 6.07) is 15.2. The first-order valence-electron chi connectivity index (χ1n) is 8.72. The van der Waals surface area contributed by atoms with Crippen LogP contribution in [0.3, 0.4) is 0 Å². The third-order valence-electron chi connectivity index (χ3n) is 3.92. The molecule has 1 aromatic heterocycles. The van der Waals surface area contributed by atoms with E-state index in [4.69, 9.17) is 12.2 Å². The minimum Gasteiger partial charge on any atom is -0.311 e. The summed E-state index contributed by atoms with van der Waals surface area (Å²) in [5, 5.41) is 2.70. The molecule has 2 amide bonds. The SMILES string of the molecule is CC(/C=C1\SC(=S)N(CCC(=O)Nc2ccccn2)C1=O)=C\c1ccccc1. The molecule has 1 fully saturated rings. The van der Waals surface area contributed by atoms with Gasteiger partial charge < -0.3 is 5.32 Å². The fraction of sp³-hybridized carbons (Fsp3) is 0.143. The highest BCUT2D eigenvalue weighted by Crippen LogP contribution is 2.32. The number of allylic oxidation sites excluding steroid dienone is 2. The largest absolute Gasteiger partial charge is 0.311 e. The van der Waals surface area contributed by atoms with Gasteiger partial charge >= 0.3 is 0 Å². The number of benzene rings is 1. The summed E-state index contributed by atoms with van der Waals surface area (Å²) in [4.78, 5) is 30.8. The Labute approximate surface area is 173 Å². The molecule has 0 atom stereocenters. The lowest BCUT2D eigenvalue weighted by Gasteiger charge is -2.13. The molecule has 0 unspecified atom stereocenters. The van der Waals surface area contributed by atoms with Crippen molar-refractivity contribution in [1.29, 1.82) is 0 Å². The second-order valence-electron chi connectivity index (χ2n) is 6.15. The van der Waals surface area contributed by atoms with Gasteiger partial charge in [0.1, 0.15) is 10.1 Å². The highest BCUT2D eigenvalue weighted by atomic mass is 32.2. The summed E-state index contributed by atoms with van der Waals surface area (Å²) in [5.74, 6) is 0.109. The lowest BCUT2D eigenvalue weighted by molar-refractivity contribution is -0.122. The molecule has 1 aromatic carbocycles. The van der Waals surface area contributed by atoms with Crippen LogP contribution in [0.2, 0.25) is 0 Å². The number of hydrogen-bond acceptors (Lipinski definition) is 5. The Morgan fingerprint density at radius 2 is 1.96 bits per heavy atom. The number of rotatable bonds is 6. The summed E-state index contributed by atoms with van der Waals surface area (Å²) in [5.41, 5.74) is 2.03. The van der Waals surface area contributed by atoms with Crippen molar-refractivity contribution in [2.75, 3.05) is 11.9 Å². The van der Waals surface area contributed by atoms with Gasteiger partial charge in [0.15, 0.2) is 0 Å². The molecule has 1 aliphatic rings. The second kappa shape index (κ2) is 9.43.